The van der Waals surface area contributed by atoms with Crippen molar-refractivity contribution in [2.75, 3.05) is 44.9 Å². The van der Waals surface area contributed by atoms with E-state index in [2.05, 4.69) is 22.2 Å². The molecule has 0 radical (unpaired) electrons. The number of aromatic nitrogens is 2. The number of rotatable bonds is 11. The summed E-state index contributed by atoms with van der Waals surface area (Å²) in [5.41, 5.74) is 1.05. The van der Waals surface area contributed by atoms with Crippen LogP contribution >= 0.6 is 0 Å². The maximum atomic E-state index is 9.10. The molecule has 0 saturated heterocycles. The molecule has 0 fully saturated rings. The lowest BCUT2D eigenvalue weighted by atomic mass is 10.3. The van der Waals surface area contributed by atoms with E-state index in [1.165, 1.54) is 0 Å². The predicted molar refractivity (Wildman–Crippen MR) is 79.8 cm³/mol. The number of unbranched alkanes of at least 4 members (excludes halogenated alkanes) is 1. The summed E-state index contributed by atoms with van der Waals surface area (Å²) in [6, 6.07) is 0. The van der Waals surface area contributed by atoms with Crippen molar-refractivity contribution >= 4 is 5.95 Å². The Kier molecular flexibility index (Phi) is 8.86. The second kappa shape index (κ2) is 10.5. The molecule has 1 aromatic heterocycles. The maximum absolute atomic E-state index is 9.10. The molecule has 0 amide bonds. The number of ether oxygens (including phenoxy) is 1. The van der Waals surface area contributed by atoms with Gasteiger partial charge in [0, 0.05) is 51.2 Å². The van der Waals surface area contributed by atoms with Crippen molar-refractivity contribution in [2.45, 2.75) is 26.3 Å². The summed E-state index contributed by atoms with van der Waals surface area (Å²) in [6.45, 7) is 5.96. The van der Waals surface area contributed by atoms with Crippen LogP contribution in [0.2, 0.25) is 0 Å². The highest BCUT2D eigenvalue weighted by Crippen LogP contribution is 2.08. The Bertz CT molecular complexity index is 346. The van der Waals surface area contributed by atoms with Crippen LogP contribution in [0.4, 0.5) is 5.95 Å². The third kappa shape index (κ3) is 6.27. The second-order valence-corrected chi connectivity index (χ2v) is 4.63. The summed E-state index contributed by atoms with van der Waals surface area (Å²) in [5.74, 6) is 0.688. The van der Waals surface area contributed by atoms with Gasteiger partial charge in [-0.25, -0.2) is 9.97 Å². The van der Waals surface area contributed by atoms with Gasteiger partial charge in [0.15, 0.2) is 0 Å². The summed E-state index contributed by atoms with van der Waals surface area (Å²) in [5, 5.41) is 12.4. The van der Waals surface area contributed by atoms with Crippen molar-refractivity contribution in [3.8, 4) is 0 Å². The fourth-order valence-electron chi connectivity index (χ4n) is 1.79. The topological polar surface area (TPSA) is 70.5 Å². The molecule has 0 aromatic carbocycles. The Hall–Kier alpha value is -1.24. The highest BCUT2D eigenvalue weighted by Gasteiger charge is 2.08. The molecule has 1 aromatic rings. The first-order valence-electron chi connectivity index (χ1n) is 7.18. The van der Waals surface area contributed by atoms with Crippen LogP contribution in [-0.2, 0) is 11.3 Å². The number of hydrogen-bond acceptors (Lipinski definition) is 6. The number of methoxy groups -OCH3 is 1. The lowest BCUT2D eigenvalue weighted by Gasteiger charge is -2.21. The average Bonchev–Trinajstić information content (AvgIpc) is 2.49. The van der Waals surface area contributed by atoms with Crippen molar-refractivity contribution in [1.29, 1.82) is 0 Å². The smallest absolute Gasteiger partial charge is 0.225 e. The van der Waals surface area contributed by atoms with Crippen LogP contribution in [0, 0.1) is 0 Å². The minimum atomic E-state index is 0.118. The van der Waals surface area contributed by atoms with Crippen molar-refractivity contribution in [3.63, 3.8) is 0 Å². The molecule has 0 aliphatic heterocycles. The standard InChI is InChI=1S/C14H26N4O2/c1-3-4-6-18(7-8-19)14-16-11-13(12-17-14)10-15-5-9-20-2/h11-12,15,19H,3-10H2,1-2H3. The van der Waals surface area contributed by atoms with Crippen molar-refractivity contribution < 1.29 is 9.84 Å². The zero-order valence-electron chi connectivity index (χ0n) is 12.5. The largest absolute Gasteiger partial charge is 0.395 e. The third-order valence-electron chi connectivity index (χ3n) is 2.94. The zero-order chi connectivity index (χ0) is 14.6. The lowest BCUT2D eigenvalue weighted by Crippen LogP contribution is -2.29. The summed E-state index contributed by atoms with van der Waals surface area (Å²) >= 11 is 0. The van der Waals surface area contributed by atoms with Gasteiger partial charge in [0.25, 0.3) is 0 Å². The van der Waals surface area contributed by atoms with Crippen LogP contribution in [0.25, 0.3) is 0 Å². The summed E-state index contributed by atoms with van der Waals surface area (Å²) < 4.78 is 4.97. The van der Waals surface area contributed by atoms with E-state index >= 15 is 0 Å². The van der Waals surface area contributed by atoms with E-state index in [0.29, 0.717) is 19.1 Å². The van der Waals surface area contributed by atoms with Gasteiger partial charge in [0.05, 0.1) is 13.2 Å². The Morgan fingerprint density at radius 1 is 1.30 bits per heavy atom. The van der Waals surface area contributed by atoms with Crippen molar-refractivity contribution in [1.82, 2.24) is 15.3 Å². The van der Waals surface area contributed by atoms with E-state index in [-0.39, 0.29) is 6.61 Å². The number of nitrogens with one attached hydrogen (secondary N) is 1. The number of aliphatic hydroxyl groups is 1. The van der Waals surface area contributed by atoms with Gasteiger partial charge in [-0.1, -0.05) is 13.3 Å². The summed E-state index contributed by atoms with van der Waals surface area (Å²) in [6.07, 6.45) is 5.85. The minimum Gasteiger partial charge on any atom is -0.395 e. The summed E-state index contributed by atoms with van der Waals surface area (Å²) in [7, 11) is 1.69. The SMILES string of the molecule is CCCCN(CCO)c1ncc(CNCCOC)cn1. The number of aliphatic hydroxyl groups excluding tert-OH is 1. The molecule has 2 N–H and O–H groups in total. The van der Waals surface area contributed by atoms with Crippen LogP contribution < -0.4 is 10.2 Å². The van der Waals surface area contributed by atoms with Crippen LogP contribution in [-0.4, -0.2) is 55.0 Å². The van der Waals surface area contributed by atoms with Gasteiger partial charge < -0.3 is 20.1 Å². The van der Waals surface area contributed by atoms with Crippen molar-refractivity contribution in [2.24, 2.45) is 0 Å². The quantitative estimate of drug-likeness (QED) is 0.585. The van der Waals surface area contributed by atoms with Gasteiger partial charge in [-0.3, -0.25) is 0 Å². The van der Waals surface area contributed by atoms with Crippen LogP contribution in [0.3, 0.4) is 0 Å². The number of nitrogens with zero attached hydrogens (tertiary/aromatic N) is 3. The Morgan fingerprint density at radius 2 is 2.05 bits per heavy atom. The number of anilines is 1. The predicted octanol–water partition coefficient (Wildman–Crippen LogP) is 0.811. The minimum absolute atomic E-state index is 0.118. The third-order valence-corrected chi connectivity index (χ3v) is 2.94. The Labute approximate surface area is 121 Å². The molecular weight excluding hydrogens is 256 g/mol. The zero-order valence-corrected chi connectivity index (χ0v) is 12.5. The molecule has 0 aliphatic carbocycles. The molecule has 0 aliphatic rings. The molecule has 20 heavy (non-hydrogen) atoms. The molecule has 0 bridgehead atoms. The molecule has 0 atom stereocenters. The Morgan fingerprint density at radius 3 is 2.65 bits per heavy atom. The van der Waals surface area contributed by atoms with E-state index in [1.54, 1.807) is 7.11 Å². The number of hydrogen-bond donors (Lipinski definition) is 2. The maximum Gasteiger partial charge on any atom is 0.225 e. The monoisotopic (exact) mass is 282 g/mol. The van der Waals surface area contributed by atoms with Gasteiger partial charge in [-0.15, -0.1) is 0 Å². The first-order valence-corrected chi connectivity index (χ1v) is 7.18. The van der Waals surface area contributed by atoms with Crippen molar-refractivity contribution in [3.05, 3.63) is 18.0 Å². The average molecular weight is 282 g/mol. The molecule has 114 valence electrons. The van der Waals surface area contributed by atoms with Gasteiger partial charge in [-0.2, -0.15) is 0 Å². The van der Waals surface area contributed by atoms with E-state index in [9.17, 15) is 0 Å². The van der Waals surface area contributed by atoms with Crippen LogP contribution in [0.15, 0.2) is 12.4 Å². The molecule has 1 rings (SSSR count). The Balaban J connectivity index is 2.49. The first kappa shape index (κ1) is 16.8. The molecular formula is C14H26N4O2. The summed E-state index contributed by atoms with van der Waals surface area (Å²) in [4.78, 5) is 10.8. The fraction of sp³-hybridized carbons (Fsp3) is 0.714. The second-order valence-electron chi connectivity index (χ2n) is 4.63. The van der Waals surface area contributed by atoms with E-state index in [4.69, 9.17) is 9.84 Å². The van der Waals surface area contributed by atoms with E-state index in [1.807, 2.05) is 17.3 Å². The molecule has 0 spiro atoms. The fourth-order valence-corrected chi connectivity index (χ4v) is 1.79. The molecule has 0 saturated carbocycles. The van der Waals surface area contributed by atoms with E-state index in [0.717, 1.165) is 38.0 Å². The van der Waals surface area contributed by atoms with Gasteiger partial charge >= 0.3 is 0 Å². The highest BCUT2D eigenvalue weighted by molar-refractivity contribution is 5.29. The molecule has 6 nitrogen and oxygen atoms in total. The molecule has 0 unspecified atom stereocenters. The molecule has 6 heteroatoms. The normalized spacial score (nSPS) is 10.8. The van der Waals surface area contributed by atoms with Gasteiger partial charge in [0.2, 0.25) is 5.95 Å². The van der Waals surface area contributed by atoms with E-state index < -0.39 is 0 Å². The molecule has 1 heterocycles. The van der Waals surface area contributed by atoms with Crippen LogP contribution in [0.1, 0.15) is 25.3 Å². The first-order chi connectivity index (χ1) is 9.81. The van der Waals surface area contributed by atoms with Gasteiger partial charge in [0.1, 0.15) is 0 Å². The lowest BCUT2D eigenvalue weighted by molar-refractivity contribution is 0.199. The van der Waals surface area contributed by atoms with Gasteiger partial charge in [-0.05, 0) is 6.42 Å². The van der Waals surface area contributed by atoms with Crippen LogP contribution in [0.5, 0.6) is 0 Å². The highest BCUT2D eigenvalue weighted by atomic mass is 16.5.